The van der Waals surface area contributed by atoms with Crippen LogP contribution in [0.5, 0.6) is 0 Å². The molecular formula is C21H33N3O3S. The fourth-order valence-corrected chi connectivity index (χ4v) is 5.80. The lowest BCUT2D eigenvalue weighted by Crippen LogP contribution is -2.53. The van der Waals surface area contributed by atoms with Gasteiger partial charge in [-0.1, -0.05) is 24.6 Å². The lowest BCUT2D eigenvalue weighted by Gasteiger charge is -2.38. The maximum absolute atomic E-state index is 12.7. The zero-order chi connectivity index (χ0) is 20.1. The van der Waals surface area contributed by atoms with E-state index in [0.717, 1.165) is 38.6 Å². The van der Waals surface area contributed by atoms with Crippen LogP contribution in [0.15, 0.2) is 35.2 Å². The Hall–Kier alpha value is -1.44. The average molecular weight is 408 g/mol. The van der Waals surface area contributed by atoms with Crippen LogP contribution in [0.1, 0.15) is 46.0 Å². The molecule has 6 nitrogen and oxygen atoms in total. The van der Waals surface area contributed by atoms with Crippen molar-refractivity contribution in [3.8, 4) is 0 Å². The summed E-state index contributed by atoms with van der Waals surface area (Å²) in [5.41, 5.74) is 0. The molecule has 0 aromatic heterocycles. The normalized spacial score (nSPS) is 23.0. The molecular weight excluding hydrogens is 374 g/mol. The van der Waals surface area contributed by atoms with Crippen LogP contribution in [0, 0.1) is 5.92 Å². The summed E-state index contributed by atoms with van der Waals surface area (Å²) >= 11 is 0. The quantitative estimate of drug-likeness (QED) is 0.786. The van der Waals surface area contributed by atoms with Gasteiger partial charge in [-0.2, -0.15) is 4.31 Å². The van der Waals surface area contributed by atoms with Crippen LogP contribution in [-0.2, 0) is 14.8 Å². The second kappa shape index (κ2) is 9.37. The van der Waals surface area contributed by atoms with E-state index in [1.807, 2.05) is 6.07 Å². The smallest absolute Gasteiger partial charge is 0.243 e. The van der Waals surface area contributed by atoms with E-state index >= 15 is 0 Å². The number of sulfonamides is 1. The van der Waals surface area contributed by atoms with Crippen LogP contribution >= 0.6 is 0 Å². The number of carbonyl (C=O) groups is 1. The molecule has 2 saturated heterocycles. The van der Waals surface area contributed by atoms with Crippen molar-refractivity contribution >= 4 is 15.9 Å². The Morgan fingerprint density at radius 2 is 1.75 bits per heavy atom. The molecule has 0 radical (unpaired) electrons. The Labute approximate surface area is 169 Å². The van der Waals surface area contributed by atoms with E-state index in [0.29, 0.717) is 36.5 Å². The number of nitrogens with zero attached hydrogens (tertiary/aromatic N) is 2. The molecule has 156 valence electrons. The maximum Gasteiger partial charge on any atom is 0.243 e. The summed E-state index contributed by atoms with van der Waals surface area (Å²) in [5.74, 6) is 0.468. The molecule has 2 aliphatic rings. The molecule has 1 atom stereocenters. The highest BCUT2D eigenvalue weighted by Gasteiger charge is 2.32. The summed E-state index contributed by atoms with van der Waals surface area (Å²) in [6, 6.07) is 8.97. The van der Waals surface area contributed by atoms with Crippen LogP contribution in [0.3, 0.4) is 0 Å². The summed E-state index contributed by atoms with van der Waals surface area (Å²) in [4.78, 5) is 15.4. The molecule has 1 N–H and O–H groups in total. The minimum Gasteiger partial charge on any atom is -0.354 e. The number of carbonyl (C=O) groups excluding carboxylic acids is 1. The number of benzene rings is 1. The third-order valence-electron chi connectivity index (χ3n) is 6.03. The first-order chi connectivity index (χ1) is 13.4. The first-order valence-corrected chi connectivity index (χ1v) is 11.9. The van der Waals surface area contributed by atoms with Crippen LogP contribution in [-0.4, -0.2) is 61.8 Å². The Morgan fingerprint density at radius 1 is 1.07 bits per heavy atom. The van der Waals surface area contributed by atoms with E-state index in [2.05, 4.69) is 24.1 Å². The van der Waals surface area contributed by atoms with E-state index in [9.17, 15) is 13.2 Å². The highest BCUT2D eigenvalue weighted by atomic mass is 32.2. The van der Waals surface area contributed by atoms with Gasteiger partial charge in [0.15, 0.2) is 0 Å². The van der Waals surface area contributed by atoms with Crippen molar-refractivity contribution in [3.63, 3.8) is 0 Å². The van der Waals surface area contributed by atoms with Gasteiger partial charge in [0.2, 0.25) is 15.9 Å². The Bertz CT molecular complexity index is 743. The summed E-state index contributed by atoms with van der Waals surface area (Å²) in [7, 11) is -3.41. The van der Waals surface area contributed by atoms with Crippen molar-refractivity contribution in [2.75, 3.05) is 26.2 Å². The van der Waals surface area contributed by atoms with Crippen LogP contribution < -0.4 is 5.32 Å². The van der Waals surface area contributed by atoms with E-state index in [-0.39, 0.29) is 11.9 Å². The predicted octanol–water partition coefficient (Wildman–Crippen LogP) is 2.47. The number of amides is 1. The first kappa shape index (κ1) is 21.3. The SMILES string of the molecule is CC(C)N1CCCCC1C(=O)NCC1CCN(S(=O)(=O)c2ccccc2)CC1. The summed E-state index contributed by atoms with van der Waals surface area (Å²) < 4.78 is 27.0. The molecule has 0 bridgehead atoms. The monoisotopic (exact) mass is 407 g/mol. The number of likely N-dealkylation sites (tertiary alicyclic amines) is 1. The molecule has 0 saturated carbocycles. The van der Waals surface area contributed by atoms with Crippen molar-refractivity contribution in [1.29, 1.82) is 0 Å². The lowest BCUT2D eigenvalue weighted by molar-refractivity contribution is -0.128. The molecule has 2 heterocycles. The Kier molecular flexibility index (Phi) is 7.12. The number of piperidine rings is 2. The standard InChI is InChI=1S/C21H33N3O3S/c1-17(2)24-13-7-6-10-20(24)21(25)22-16-18-11-14-23(15-12-18)28(26,27)19-8-4-3-5-9-19/h3-5,8-9,17-18,20H,6-7,10-16H2,1-2H3,(H,22,25). The van der Waals surface area contributed by atoms with Gasteiger partial charge in [0.05, 0.1) is 10.9 Å². The fraction of sp³-hybridized carbons (Fsp3) is 0.667. The van der Waals surface area contributed by atoms with Gasteiger partial charge in [-0.05, 0) is 64.1 Å². The van der Waals surface area contributed by atoms with E-state index in [1.165, 1.54) is 0 Å². The van der Waals surface area contributed by atoms with Crippen molar-refractivity contribution in [2.45, 2.75) is 62.9 Å². The molecule has 2 fully saturated rings. The second-order valence-corrected chi connectivity index (χ2v) is 10.2. The minimum atomic E-state index is -3.41. The van der Waals surface area contributed by atoms with E-state index < -0.39 is 10.0 Å². The molecule has 3 rings (SSSR count). The van der Waals surface area contributed by atoms with Gasteiger partial charge in [0.1, 0.15) is 0 Å². The molecule has 2 aliphatic heterocycles. The number of hydrogen-bond acceptors (Lipinski definition) is 4. The number of nitrogens with one attached hydrogen (secondary N) is 1. The third-order valence-corrected chi connectivity index (χ3v) is 7.94. The van der Waals surface area contributed by atoms with Gasteiger partial charge in [-0.3, -0.25) is 9.69 Å². The van der Waals surface area contributed by atoms with Gasteiger partial charge in [-0.25, -0.2) is 8.42 Å². The van der Waals surface area contributed by atoms with Crippen LogP contribution in [0.4, 0.5) is 0 Å². The molecule has 1 unspecified atom stereocenters. The van der Waals surface area contributed by atoms with E-state index in [4.69, 9.17) is 0 Å². The summed E-state index contributed by atoms with van der Waals surface area (Å²) in [5, 5.41) is 3.14. The van der Waals surface area contributed by atoms with Gasteiger partial charge in [0, 0.05) is 25.7 Å². The molecule has 1 aromatic rings. The molecule has 1 aromatic carbocycles. The van der Waals surface area contributed by atoms with Crippen molar-refractivity contribution < 1.29 is 13.2 Å². The second-order valence-electron chi connectivity index (χ2n) is 8.25. The number of rotatable bonds is 6. The average Bonchev–Trinajstić information content (AvgIpc) is 2.73. The van der Waals surface area contributed by atoms with Crippen molar-refractivity contribution in [1.82, 2.24) is 14.5 Å². The summed E-state index contributed by atoms with van der Waals surface area (Å²) in [6.07, 6.45) is 4.76. The molecule has 0 spiro atoms. The highest BCUT2D eigenvalue weighted by Crippen LogP contribution is 2.24. The zero-order valence-electron chi connectivity index (χ0n) is 17.0. The molecule has 1 amide bonds. The number of hydrogen-bond donors (Lipinski definition) is 1. The minimum absolute atomic E-state index is 0.0210. The van der Waals surface area contributed by atoms with Gasteiger partial charge >= 0.3 is 0 Å². The van der Waals surface area contributed by atoms with Crippen molar-refractivity contribution in [3.05, 3.63) is 30.3 Å². The van der Waals surface area contributed by atoms with Gasteiger partial charge < -0.3 is 5.32 Å². The highest BCUT2D eigenvalue weighted by molar-refractivity contribution is 7.89. The topological polar surface area (TPSA) is 69.7 Å². The van der Waals surface area contributed by atoms with Crippen LogP contribution in [0.2, 0.25) is 0 Å². The third kappa shape index (κ3) is 4.93. The largest absolute Gasteiger partial charge is 0.354 e. The molecule has 28 heavy (non-hydrogen) atoms. The Morgan fingerprint density at radius 3 is 2.39 bits per heavy atom. The zero-order valence-corrected chi connectivity index (χ0v) is 17.8. The lowest BCUT2D eigenvalue weighted by atomic mass is 9.97. The summed E-state index contributed by atoms with van der Waals surface area (Å²) in [6.45, 7) is 6.95. The van der Waals surface area contributed by atoms with Crippen LogP contribution in [0.25, 0.3) is 0 Å². The van der Waals surface area contributed by atoms with Gasteiger partial charge in [0.25, 0.3) is 0 Å². The van der Waals surface area contributed by atoms with Gasteiger partial charge in [-0.15, -0.1) is 0 Å². The van der Waals surface area contributed by atoms with Crippen molar-refractivity contribution in [2.24, 2.45) is 5.92 Å². The Balaban J connectivity index is 1.49. The van der Waals surface area contributed by atoms with E-state index in [1.54, 1.807) is 28.6 Å². The molecule has 7 heteroatoms. The fourth-order valence-electron chi connectivity index (χ4n) is 4.31. The molecule has 0 aliphatic carbocycles. The maximum atomic E-state index is 12.7. The first-order valence-electron chi connectivity index (χ1n) is 10.5. The predicted molar refractivity (Wildman–Crippen MR) is 110 cm³/mol.